The molecule has 1 N–H and O–H groups in total. The smallest absolute Gasteiger partial charge is 0.253 e. The van der Waals surface area contributed by atoms with Gasteiger partial charge in [-0.2, -0.15) is 4.31 Å². The summed E-state index contributed by atoms with van der Waals surface area (Å²) >= 11 is 1.15. The Morgan fingerprint density at radius 1 is 1.48 bits per heavy atom. The van der Waals surface area contributed by atoms with E-state index < -0.39 is 16.1 Å². The number of aryl methyl sites for hydroxylation is 1. The van der Waals surface area contributed by atoms with Gasteiger partial charge in [0.2, 0.25) is 11.8 Å². The fourth-order valence-electron chi connectivity index (χ4n) is 2.61. The average Bonchev–Trinajstić information content (AvgIpc) is 3.19. The Morgan fingerprint density at radius 2 is 2.30 bits per heavy atom. The van der Waals surface area contributed by atoms with Gasteiger partial charge in [-0.15, -0.1) is 11.3 Å². The van der Waals surface area contributed by atoms with E-state index >= 15 is 0 Å². The van der Waals surface area contributed by atoms with Crippen molar-refractivity contribution in [2.24, 2.45) is 0 Å². The number of amides is 1. The van der Waals surface area contributed by atoms with Gasteiger partial charge in [0.15, 0.2) is 0 Å². The summed E-state index contributed by atoms with van der Waals surface area (Å²) in [5.74, 6) is -0.160. The molecule has 1 fully saturated rings. The number of hydrogen-bond donors (Lipinski definition) is 1. The van der Waals surface area contributed by atoms with Gasteiger partial charge in [-0.1, -0.05) is 17.6 Å². The highest BCUT2D eigenvalue weighted by molar-refractivity contribution is 7.91. The highest BCUT2D eigenvalue weighted by Gasteiger charge is 2.38. The van der Waals surface area contributed by atoms with Crippen LogP contribution in [0.3, 0.4) is 0 Å². The molecule has 0 bridgehead atoms. The van der Waals surface area contributed by atoms with E-state index in [1.54, 1.807) is 30.5 Å². The van der Waals surface area contributed by atoms with Crippen molar-refractivity contribution in [3.63, 3.8) is 0 Å². The molecule has 124 valence electrons. The quantitative estimate of drug-likeness (QED) is 0.908. The lowest BCUT2D eigenvalue weighted by Crippen LogP contribution is -2.49. The lowest BCUT2D eigenvalue weighted by molar-refractivity contribution is -0.120. The minimum Gasteiger partial charge on any atom is -0.338 e. The zero-order chi connectivity index (χ0) is 16.4. The molecule has 3 heterocycles. The molecule has 7 nitrogen and oxygen atoms in total. The summed E-state index contributed by atoms with van der Waals surface area (Å²) < 4.78 is 32.0. The highest BCUT2D eigenvalue weighted by atomic mass is 32.2. The summed E-state index contributed by atoms with van der Waals surface area (Å²) in [6, 6.07) is 4.11. The second kappa shape index (κ2) is 6.42. The van der Waals surface area contributed by atoms with Crippen LogP contribution < -0.4 is 5.32 Å². The van der Waals surface area contributed by atoms with Crippen LogP contribution in [0.15, 0.2) is 32.3 Å². The number of rotatable bonds is 4. The molecule has 1 unspecified atom stereocenters. The van der Waals surface area contributed by atoms with E-state index in [4.69, 9.17) is 4.52 Å². The zero-order valence-corrected chi connectivity index (χ0v) is 14.2. The van der Waals surface area contributed by atoms with Crippen LogP contribution in [0.5, 0.6) is 0 Å². The summed E-state index contributed by atoms with van der Waals surface area (Å²) in [5.41, 5.74) is 0.645. The summed E-state index contributed by atoms with van der Waals surface area (Å²) in [6.07, 6.45) is 2.04. The van der Waals surface area contributed by atoms with Gasteiger partial charge in [0.1, 0.15) is 10.3 Å². The monoisotopic (exact) mass is 355 g/mol. The Hall–Kier alpha value is -1.71. The van der Waals surface area contributed by atoms with Gasteiger partial charge in [-0.05, 0) is 31.2 Å². The number of nitrogens with one attached hydrogen (secondary N) is 1. The summed E-state index contributed by atoms with van der Waals surface area (Å²) in [5, 5.41) is 8.02. The Kier molecular flexibility index (Phi) is 4.51. The first-order valence-corrected chi connectivity index (χ1v) is 9.60. The van der Waals surface area contributed by atoms with Crippen molar-refractivity contribution in [2.75, 3.05) is 11.9 Å². The first-order valence-electron chi connectivity index (χ1n) is 7.28. The maximum absolute atomic E-state index is 12.7. The molecule has 23 heavy (non-hydrogen) atoms. The lowest BCUT2D eigenvalue weighted by atomic mass is 10.0. The normalized spacial score (nSPS) is 19.6. The van der Waals surface area contributed by atoms with Crippen LogP contribution in [0.2, 0.25) is 0 Å². The minimum atomic E-state index is -3.66. The van der Waals surface area contributed by atoms with Crippen LogP contribution in [0.1, 0.15) is 25.0 Å². The van der Waals surface area contributed by atoms with E-state index in [-0.39, 0.29) is 16.0 Å². The van der Waals surface area contributed by atoms with Gasteiger partial charge in [0.25, 0.3) is 10.0 Å². The van der Waals surface area contributed by atoms with Crippen molar-refractivity contribution in [2.45, 2.75) is 36.4 Å². The molecule has 0 saturated carbocycles. The summed E-state index contributed by atoms with van der Waals surface area (Å²) in [6.45, 7) is 2.08. The fourth-order valence-corrected chi connectivity index (χ4v) is 5.38. The van der Waals surface area contributed by atoms with Gasteiger partial charge >= 0.3 is 0 Å². The van der Waals surface area contributed by atoms with Gasteiger partial charge in [0, 0.05) is 12.6 Å². The van der Waals surface area contributed by atoms with Gasteiger partial charge in [-0.3, -0.25) is 10.1 Å². The van der Waals surface area contributed by atoms with Crippen LogP contribution >= 0.6 is 11.3 Å². The molecule has 3 rings (SSSR count). The van der Waals surface area contributed by atoms with E-state index in [0.29, 0.717) is 18.7 Å². The standard InChI is InChI=1S/C14H17N3O4S2/c1-10-9-12(21-16-10)15-14(18)11-5-2-3-7-17(11)23(19,20)13-6-4-8-22-13/h4,6,8-9,11H,2-3,5,7H2,1H3,(H,15,18). The van der Waals surface area contributed by atoms with Gasteiger partial charge < -0.3 is 4.52 Å². The maximum atomic E-state index is 12.7. The first-order chi connectivity index (χ1) is 11.0. The molecule has 2 aromatic rings. The van der Waals surface area contributed by atoms with Crippen LogP contribution in [-0.2, 0) is 14.8 Å². The Balaban J connectivity index is 1.82. The Morgan fingerprint density at radius 3 is 2.96 bits per heavy atom. The second-order valence-corrected chi connectivity index (χ2v) is 8.45. The number of nitrogens with zero attached hydrogens (tertiary/aromatic N) is 2. The zero-order valence-electron chi connectivity index (χ0n) is 12.6. The molecule has 1 aliphatic rings. The van der Waals surface area contributed by atoms with Crippen molar-refractivity contribution in [3.8, 4) is 0 Å². The molecule has 0 aromatic carbocycles. The molecular formula is C14H17N3O4S2. The van der Waals surface area contributed by atoms with Crippen LogP contribution in [-0.4, -0.2) is 36.4 Å². The number of hydrogen-bond acceptors (Lipinski definition) is 6. The maximum Gasteiger partial charge on any atom is 0.253 e. The number of aromatic nitrogens is 1. The van der Waals surface area contributed by atoms with E-state index in [1.807, 2.05) is 0 Å². The summed E-state index contributed by atoms with van der Waals surface area (Å²) in [7, 11) is -3.66. The van der Waals surface area contributed by atoms with Crippen molar-refractivity contribution < 1.29 is 17.7 Å². The topological polar surface area (TPSA) is 92.5 Å². The molecule has 1 atom stereocenters. The van der Waals surface area contributed by atoms with Gasteiger partial charge in [-0.25, -0.2) is 8.42 Å². The molecule has 0 spiro atoms. The van der Waals surface area contributed by atoms with E-state index in [2.05, 4.69) is 10.5 Å². The van der Waals surface area contributed by atoms with Crippen molar-refractivity contribution >= 4 is 33.2 Å². The molecule has 1 aliphatic heterocycles. The molecule has 0 radical (unpaired) electrons. The molecule has 0 aliphatic carbocycles. The van der Waals surface area contributed by atoms with Crippen molar-refractivity contribution in [1.82, 2.24) is 9.46 Å². The first kappa shape index (κ1) is 16.2. The molecule has 2 aromatic heterocycles. The number of carbonyl (C=O) groups excluding carboxylic acids is 1. The predicted octanol–water partition coefficient (Wildman–Crippen LogP) is 2.23. The number of thiophene rings is 1. The van der Waals surface area contributed by atoms with Crippen molar-refractivity contribution in [3.05, 3.63) is 29.3 Å². The van der Waals surface area contributed by atoms with Gasteiger partial charge in [0.05, 0.1) is 5.69 Å². The summed E-state index contributed by atoms with van der Waals surface area (Å²) in [4.78, 5) is 12.5. The lowest BCUT2D eigenvalue weighted by Gasteiger charge is -2.32. The number of carbonyl (C=O) groups is 1. The average molecular weight is 355 g/mol. The molecular weight excluding hydrogens is 338 g/mol. The van der Waals surface area contributed by atoms with E-state index in [1.165, 1.54) is 4.31 Å². The van der Waals surface area contributed by atoms with E-state index in [0.717, 1.165) is 24.2 Å². The second-order valence-electron chi connectivity index (χ2n) is 5.38. The van der Waals surface area contributed by atoms with Crippen LogP contribution in [0.25, 0.3) is 0 Å². The van der Waals surface area contributed by atoms with Crippen LogP contribution in [0.4, 0.5) is 5.88 Å². The van der Waals surface area contributed by atoms with Crippen LogP contribution in [0, 0.1) is 6.92 Å². The predicted molar refractivity (Wildman–Crippen MR) is 85.7 cm³/mol. The number of anilines is 1. The van der Waals surface area contributed by atoms with E-state index in [9.17, 15) is 13.2 Å². The Labute approximate surface area is 138 Å². The molecule has 1 saturated heterocycles. The van der Waals surface area contributed by atoms with Crippen molar-refractivity contribution in [1.29, 1.82) is 0 Å². The Bertz CT molecular complexity index is 783. The largest absolute Gasteiger partial charge is 0.338 e. The fraction of sp³-hybridized carbons (Fsp3) is 0.429. The SMILES string of the molecule is Cc1cc(NC(=O)C2CCCCN2S(=O)(=O)c2cccs2)on1. The third-order valence-electron chi connectivity index (χ3n) is 3.69. The number of piperidine rings is 1. The number of sulfonamides is 1. The molecule has 1 amide bonds. The minimum absolute atomic E-state index is 0.228. The third-order valence-corrected chi connectivity index (χ3v) is 6.97. The highest BCUT2D eigenvalue weighted by Crippen LogP contribution is 2.28. The third kappa shape index (κ3) is 3.31. The molecule has 9 heteroatoms.